The van der Waals surface area contributed by atoms with E-state index in [4.69, 9.17) is 9.84 Å². The van der Waals surface area contributed by atoms with Crippen molar-refractivity contribution in [3.63, 3.8) is 0 Å². The van der Waals surface area contributed by atoms with Crippen LogP contribution in [0.3, 0.4) is 0 Å². The molecule has 1 N–H and O–H groups in total. The Morgan fingerprint density at radius 3 is 3.00 bits per heavy atom. The zero-order valence-corrected chi connectivity index (χ0v) is 7.28. The third-order valence-corrected chi connectivity index (χ3v) is 2.30. The van der Waals surface area contributed by atoms with E-state index in [0.717, 1.165) is 11.1 Å². The first-order valence-corrected chi connectivity index (χ1v) is 4.16. The Bertz CT molecular complexity index is 357. The van der Waals surface area contributed by atoms with Crippen LogP contribution in [0.5, 0.6) is 5.75 Å². The summed E-state index contributed by atoms with van der Waals surface area (Å²) in [5.41, 5.74) is 2.12. The van der Waals surface area contributed by atoms with E-state index in [1.54, 1.807) is 0 Å². The van der Waals surface area contributed by atoms with Crippen molar-refractivity contribution in [2.24, 2.45) is 0 Å². The topological polar surface area (TPSA) is 46.5 Å². The number of carboxylic acids is 1. The fourth-order valence-electron chi connectivity index (χ4n) is 1.57. The van der Waals surface area contributed by atoms with Crippen LogP contribution in [0.1, 0.15) is 11.1 Å². The lowest BCUT2D eigenvalue weighted by Crippen LogP contribution is -2.24. The Hall–Kier alpha value is -1.51. The molecule has 0 saturated heterocycles. The normalized spacial score (nSPS) is 19.3. The first-order valence-electron chi connectivity index (χ1n) is 4.16. The summed E-state index contributed by atoms with van der Waals surface area (Å²) < 4.78 is 5.25. The van der Waals surface area contributed by atoms with E-state index in [9.17, 15) is 4.79 Å². The molecule has 0 fully saturated rings. The van der Waals surface area contributed by atoms with Gasteiger partial charge in [-0.3, -0.25) is 0 Å². The summed E-state index contributed by atoms with van der Waals surface area (Å²) in [6.07, 6.45) is -0.215. The summed E-state index contributed by atoms with van der Waals surface area (Å²) in [6, 6.07) is 5.65. The van der Waals surface area contributed by atoms with Crippen LogP contribution in [-0.4, -0.2) is 17.2 Å². The standard InChI is InChI=1S/C10H10O3/c1-6-3-2-4-8-7(6)5-9(13-8)10(11)12/h2-4,9H,5H2,1H3,(H,11,12)/t9-/m0/s1. The van der Waals surface area contributed by atoms with E-state index in [1.165, 1.54) is 0 Å². The lowest BCUT2D eigenvalue weighted by atomic mass is 10.0. The maximum absolute atomic E-state index is 10.7. The number of hydrogen-bond donors (Lipinski definition) is 1. The summed E-state index contributed by atoms with van der Waals surface area (Å²) >= 11 is 0. The summed E-state index contributed by atoms with van der Waals surface area (Å²) in [7, 11) is 0. The highest BCUT2D eigenvalue weighted by Gasteiger charge is 2.29. The molecule has 0 aromatic heterocycles. The first kappa shape index (κ1) is 8.10. The predicted molar refractivity (Wildman–Crippen MR) is 46.9 cm³/mol. The summed E-state index contributed by atoms with van der Waals surface area (Å²) in [5.74, 6) is -0.178. The third kappa shape index (κ3) is 1.26. The molecule has 1 aromatic carbocycles. The third-order valence-electron chi connectivity index (χ3n) is 2.30. The van der Waals surface area contributed by atoms with Crippen LogP contribution < -0.4 is 4.74 Å². The van der Waals surface area contributed by atoms with Gasteiger partial charge >= 0.3 is 5.97 Å². The van der Waals surface area contributed by atoms with Crippen molar-refractivity contribution >= 4 is 5.97 Å². The number of carboxylic acid groups (broad SMARTS) is 1. The summed E-state index contributed by atoms with van der Waals surface area (Å²) in [6.45, 7) is 1.96. The maximum atomic E-state index is 10.7. The van der Waals surface area contributed by atoms with Crippen LogP contribution >= 0.6 is 0 Å². The van der Waals surface area contributed by atoms with Crippen molar-refractivity contribution < 1.29 is 14.6 Å². The number of fused-ring (bicyclic) bond motifs is 1. The molecule has 13 heavy (non-hydrogen) atoms. The molecule has 3 nitrogen and oxygen atoms in total. The number of benzene rings is 1. The summed E-state index contributed by atoms with van der Waals surface area (Å²) in [5, 5.41) is 8.75. The minimum absolute atomic E-state index is 0.483. The van der Waals surface area contributed by atoms with Gasteiger partial charge in [0.25, 0.3) is 0 Å². The Labute approximate surface area is 76.0 Å². The fraction of sp³-hybridized carbons (Fsp3) is 0.300. The van der Waals surface area contributed by atoms with E-state index in [2.05, 4.69) is 0 Å². The minimum atomic E-state index is -0.893. The Morgan fingerprint density at radius 2 is 2.38 bits per heavy atom. The number of carbonyl (C=O) groups is 1. The van der Waals surface area contributed by atoms with Crippen molar-refractivity contribution in [1.29, 1.82) is 0 Å². The predicted octanol–water partition coefficient (Wildman–Crippen LogP) is 1.38. The molecule has 1 atom stereocenters. The lowest BCUT2D eigenvalue weighted by molar-refractivity contribution is -0.144. The fourth-order valence-corrected chi connectivity index (χ4v) is 1.57. The molecular weight excluding hydrogens is 168 g/mol. The average Bonchev–Trinajstić information content (AvgIpc) is 2.49. The van der Waals surface area contributed by atoms with Crippen molar-refractivity contribution in [1.82, 2.24) is 0 Å². The van der Waals surface area contributed by atoms with Crippen molar-refractivity contribution in [2.45, 2.75) is 19.4 Å². The van der Waals surface area contributed by atoms with Crippen molar-refractivity contribution in [3.05, 3.63) is 29.3 Å². The van der Waals surface area contributed by atoms with E-state index in [-0.39, 0.29) is 0 Å². The van der Waals surface area contributed by atoms with Crippen LogP contribution in [0.4, 0.5) is 0 Å². The quantitative estimate of drug-likeness (QED) is 0.706. The molecule has 0 bridgehead atoms. The van der Waals surface area contributed by atoms with Gasteiger partial charge in [0.05, 0.1) is 0 Å². The molecule has 1 aliphatic heterocycles. The number of ether oxygens (including phenoxy) is 1. The highest BCUT2D eigenvalue weighted by atomic mass is 16.5. The van der Waals surface area contributed by atoms with Crippen LogP contribution in [0, 0.1) is 6.92 Å². The largest absolute Gasteiger partial charge is 0.478 e. The SMILES string of the molecule is Cc1cccc2c1C[C@@H](C(=O)O)O2. The average molecular weight is 178 g/mol. The Morgan fingerprint density at radius 1 is 1.62 bits per heavy atom. The van der Waals surface area contributed by atoms with Gasteiger partial charge in [-0.2, -0.15) is 0 Å². The van der Waals surface area contributed by atoms with Gasteiger partial charge in [0, 0.05) is 12.0 Å². The van der Waals surface area contributed by atoms with Gasteiger partial charge in [-0.15, -0.1) is 0 Å². The van der Waals surface area contributed by atoms with Gasteiger partial charge in [-0.1, -0.05) is 12.1 Å². The van der Waals surface area contributed by atoms with Gasteiger partial charge in [-0.25, -0.2) is 4.79 Å². The van der Waals surface area contributed by atoms with Crippen molar-refractivity contribution in [2.75, 3.05) is 0 Å². The molecule has 1 aromatic rings. The molecule has 68 valence electrons. The van der Waals surface area contributed by atoms with Gasteiger partial charge < -0.3 is 9.84 Å². The number of aryl methyl sites for hydroxylation is 1. The van der Waals surface area contributed by atoms with Crippen LogP contribution in [0.2, 0.25) is 0 Å². The van der Waals surface area contributed by atoms with Gasteiger partial charge in [-0.05, 0) is 18.6 Å². The monoisotopic (exact) mass is 178 g/mol. The molecule has 2 rings (SSSR count). The van der Waals surface area contributed by atoms with Crippen LogP contribution in [0.15, 0.2) is 18.2 Å². The zero-order chi connectivity index (χ0) is 9.42. The molecule has 0 saturated carbocycles. The second-order valence-electron chi connectivity index (χ2n) is 3.20. The highest BCUT2D eigenvalue weighted by molar-refractivity contribution is 5.75. The van der Waals surface area contributed by atoms with Gasteiger partial charge in [0.1, 0.15) is 5.75 Å². The second-order valence-corrected chi connectivity index (χ2v) is 3.20. The minimum Gasteiger partial charge on any atom is -0.478 e. The molecule has 1 aliphatic rings. The Kier molecular flexibility index (Phi) is 1.72. The molecule has 0 radical (unpaired) electrons. The molecule has 1 heterocycles. The number of rotatable bonds is 1. The lowest BCUT2D eigenvalue weighted by Gasteiger charge is -2.02. The van der Waals surface area contributed by atoms with E-state index < -0.39 is 12.1 Å². The number of aliphatic carboxylic acids is 1. The second kappa shape index (κ2) is 2.76. The van der Waals surface area contributed by atoms with Crippen molar-refractivity contribution in [3.8, 4) is 5.75 Å². The molecule has 0 spiro atoms. The maximum Gasteiger partial charge on any atom is 0.345 e. The van der Waals surface area contributed by atoms with Crippen LogP contribution in [-0.2, 0) is 11.2 Å². The molecule has 0 unspecified atom stereocenters. The first-order chi connectivity index (χ1) is 6.18. The van der Waals surface area contributed by atoms with E-state index in [0.29, 0.717) is 12.2 Å². The zero-order valence-electron chi connectivity index (χ0n) is 7.28. The van der Waals surface area contributed by atoms with Crippen LogP contribution in [0.25, 0.3) is 0 Å². The smallest absolute Gasteiger partial charge is 0.345 e. The molecule has 0 aliphatic carbocycles. The van der Waals surface area contributed by atoms with E-state index in [1.807, 2.05) is 25.1 Å². The van der Waals surface area contributed by atoms with E-state index >= 15 is 0 Å². The molecular formula is C10H10O3. The highest BCUT2D eigenvalue weighted by Crippen LogP contribution is 2.30. The summed E-state index contributed by atoms with van der Waals surface area (Å²) in [4.78, 5) is 10.7. The molecule has 3 heteroatoms. The molecule has 0 amide bonds. The number of hydrogen-bond acceptors (Lipinski definition) is 2. The van der Waals surface area contributed by atoms with Gasteiger partial charge in [0.2, 0.25) is 0 Å². The Balaban J connectivity index is 2.35. The van der Waals surface area contributed by atoms with Gasteiger partial charge in [0.15, 0.2) is 6.10 Å².